The summed E-state index contributed by atoms with van der Waals surface area (Å²) in [5, 5.41) is 0. The van der Waals surface area contributed by atoms with Crippen LogP contribution in [0.3, 0.4) is 0 Å². The van der Waals surface area contributed by atoms with Crippen LogP contribution in [0.15, 0.2) is 48.7 Å². The van der Waals surface area contributed by atoms with Crippen molar-refractivity contribution in [3.05, 3.63) is 52.4 Å². The molecule has 4 heteroatoms. The highest BCUT2D eigenvalue weighted by Gasteiger charge is 2.10. The average molecular weight is 350 g/mol. The molecule has 0 saturated carbocycles. The monoisotopic (exact) mass is 350 g/mol. The Balaban J connectivity index is 2.15. The fourth-order valence-electron chi connectivity index (χ4n) is 1.90. The first-order chi connectivity index (χ1) is 8.79. The van der Waals surface area contributed by atoms with Crippen molar-refractivity contribution in [2.45, 2.75) is 0 Å². The first-order valence-corrected chi connectivity index (χ1v) is 6.64. The standard InChI is InChI=1S/C14H11IN2O/c1-18-11-7-5-10(6-8-11)13-14(15)17-9-3-2-4-12(17)16-13/h2-9H,1H3. The second-order valence-electron chi connectivity index (χ2n) is 3.91. The molecule has 90 valence electrons. The number of nitrogens with zero attached hydrogens (tertiary/aromatic N) is 2. The van der Waals surface area contributed by atoms with Gasteiger partial charge in [-0.15, -0.1) is 0 Å². The van der Waals surface area contributed by atoms with Crippen LogP contribution in [0.5, 0.6) is 5.75 Å². The summed E-state index contributed by atoms with van der Waals surface area (Å²) >= 11 is 2.32. The Bertz CT molecular complexity index is 689. The molecule has 0 atom stereocenters. The van der Waals surface area contributed by atoms with Crippen LogP contribution in [0, 0.1) is 3.70 Å². The summed E-state index contributed by atoms with van der Waals surface area (Å²) in [5.41, 5.74) is 3.07. The summed E-state index contributed by atoms with van der Waals surface area (Å²) < 4.78 is 8.37. The number of hydrogen-bond donors (Lipinski definition) is 0. The van der Waals surface area contributed by atoms with Gasteiger partial charge in [-0.2, -0.15) is 0 Å². The Morgan fingerprint density at radius 1 is 1.11 bits per heavy atom. The smallest absolute Gasteiger partial charge is 0.138 e. The van der Waals surface area contributed by atoms with E-state index in [1.165, 1.54) is 0 Å². The molecule has 0 aliphatic rings. The van der Waals surface area contributed by atoms with Crippen LogP contribution in [-0.4, -0.2) is 16.5 Å². The number of halogens is 1. The van der Waals surface area contributed by atoms with Gasteiger partial charge in [0.2, 0.25) is 0 Å². The lowest BCUT2D eigenvalue weighted by atomic mass is 10.2. The van der Waals surface area contributed by atoms with E-state index in [0.717, 1.165) is 26.4 Å². The molecule has 3 nitrogen and oxygen atoms in total. The van der Waals surface area contributed by atoms with Crippen LogP contribution in [0.4, 0.5) is 0 Å². The second-order valence-corrected chi connectivity index (χ2v) is 4.93. The molecular weight excluding hydrogens is 339 g/mol. The highest BCUT2D eigenvalue weighted by molar-refractivity contribution is 14.1. The number of ether oxygens (including phenoxy) is 1. The maximum Gasteiger partial charge on any atom is 0.138 e. The number of benzene rings is 1. The minimum atomic E-state index is 0.859. The third kappa shape index (κ3) is 1.86. The third-order valence-corrected chi connectivity index (χ3v) is 3.87. The van der Waals surface area contributed by atoms with Crippen molar-refractivity contribution in [1.29, 1.82) is 0 Å². The topological polar surface area (TPSA) is 26.5 Å². The third-order valence-electron chi connectivity index (χ3n) is 2.84. The molecule has 0 saturated heterocycles. The van der Waals surface area contributed by atoms with Crippen molar-refractivity contribution in [2.75, 3.05) is 7.11 Å². The Kier molecular flexibility index (Phi) is 2.95. The lowest BCUT2D eigenvalue weighted by Gasteiger charge is -2.01. The summed E-state index contributed by atoms with van der Waals surface area (Å²) in [5.74, 6) is 0.859. The van der Waals surface area contributed by atoms with E-state index in [2.05, 4.69) is 32.0 Å². The molecule has 0 fully saturated rings. The molecule has 0 unspecified atom stereocenters. The molecule has 0 amide bonds. The molecule has 1 aromatic carbocycles. The van der Waals surface area contributed by atoms with Gasteiger partial charge in [-0.05, 0) is 59.0 Å². The van der Waals surface area contributed by atoms with E-state index < -0.39 is 0 Å². The fourth-order valence-corrected chi connectivity index (χ4v) is 2.74. The van der Waals surface area contributed by atoms with Crippen LogP contribution in [0.2, 0.25) is 0 Å². The normalized spacial score (nSPS) is 10.8. The molecule has 2 aromatic heterocycles. The molecule has 0 aliphatic carbocycles. The molecule has 3 rings (SSSR count). The Labute approximate surface area is 119 Å². The lowest BCUT2D eigenvalue weighted by molar-refractivity contribution is 0.415. The van der Waals surface area contributed by atoms with Crippen LogP contribution in [0.1, 0.15) is 0 Å². The number of imidazole rings is 1. The van der Waals surface area contributed by atoms with Crippen molar-refractivity contribution in [2.24, 2.45) is 0 Å². The van der Waals surface area contributed by atoms with Gasteiger partial charge in [-0.3, -0.25) is 4.40 Å². The predicted molar refractivity (Wildman–Crippen MR) is 79.9 cm³/mol. The number of fused-ring (bicyclic) bond motifs is 1. The summed E-state index contributed by atoms with van der Waals surface area (Å²) in [7, 11) is 1.67. The minimum absolute atomic E-state index is 0.859. The van der Waals surface area contributed by atoms with Crippen molar-refractivity contribution in [1.82, 2.24) is 9.38 Å². The summed E-state index contributed by atoms with van der Waals surface area (Å²) in [6.45, 7) is 0. The zero-order valence-electron chi connectivity index (χ0n) is 9.80. The largest absolute Gasteiger partial charge is 0.497 e. The van der Waals surface area contributed by atoms with Crippen molar-refractivity contribution in [3.63, 3.8) is 0 Å². The number of rotatable bonds is 2. The first-order valence-electron chi connectivity index (χ1n) is 5.56. The number of hydrogen-bond acceptors (Lipinski definition) is 2. The number of methoxy groups -OCH3 is 1. The van der Waals surface area contributed by atoms with Gasteiger partial charge in [0.15, 0.2) is 0 Å². The van der Waals surface area contributed by atoms with Gasteiger partial charge in [0.25, 0.3) is 0 Å². The van der Waals surface area contributed by atoms with E-state index >= 15 is 0 Å². The summed E-state index contributed by atoms with van der Waals surface area (Å²) in [6.07, 6.45) is 2.02. The molecule has 3 aromatic rings. The predicted octanol–water partition coefficient (Wildman–Crippen LogP) is 3.61. The van der Waals surface area contributed by atoms with Crippen molar-refractivity contribution < 1.29 is 4.74 Å². The van der Waals surface area contributed by atoms with Gasteiger partial charge < -0.3 is 4.74 Å². The maximum atomic E-state index is 5.17. The van der Waals surface area contributed by atoms with Crippen LogP contribution in [0.25, 0.3) is 16.9 Å². The van der Waals surface area contributed by atoms with Gasteiger partial charge in [-0.1, -0.05) is 6.07 Å². The van der Waals surface area contributed by atoms with E-state index in [9.17, 15) is 0 Å². The van der Waals surface area contributed by atoms with E-state index in [1.54, 1.807) is 7.11 Å². The van der Waals surface area contributed by atoms with Crippen LogP contribution in [-0.2, 0) is 0 Å². The van der Waals surface area contributed by atoms with Crippen LogP contribution >= 0.6 is 22.6 Å². The van der Waals surface area contributed by atoms with Crippen molar-refractivity contribution in [3.8, 4) is 17.0 Å². The average Bonchev–Trinajstić information content (AvgIpc) is 2.77. The van der Waals surface area contributed by atoms with E-state index in [-0.39, 0.29) is 0 Å². The molecule has 0 aliphatic heterocycles. The minimum Gasteiger partial charge on any atom is -0.497 e. The van der Waals surface area contributed by atoms with Gasteiger partial charge in [-0.25, -0.2) is 4.98 Å². The molecular formula is C14H11IN2O. The zero-order valence-corrected chi connectivity index (χ0v) is 12.0. The molecule has 2 heterocycles. The van der Waals surface area contributed by atoms with Crippen LogP contribution < -0.4 is 4.74 Å². The summed E-state index contributed by atoms with van der Waals surface area (Å²) in [6, 6.07) is 14.0. The van der Waals surface area contributed by atoms with E-state index in [1.807, 2.05) is 48.7 Å². The lowest BCUT2D eigenvalue weighted by Crippen LogP contribution is -1.86. The van der Waals surface area contributed by atoms with E-state index in [4.69, 9.17) is 4.74 Å². The fraction of sp³-hybridized carbons (Fsp3) is 0.0714. The van der Waals surface area contributed by atoms with E-state index in [0.29, 0.717) is 0 Å². The molecule has 0 bridgehead atoms. The highest BCUT2D eigenvalue weighted by Crippen LogP contribution is 2.27. The Hall–Kier alpha value is -1.56. The number of aromatic nitrogens is 2. The van der Waals surface area contributed by atoms with Crippen molar-refractivity contribution >= 4 is 28.2 Å². The van der Waals surface area contributed by atoms with Gasteiger partial charge in [0.05, 0.1) is 7.11 Å². The molecule has 0 radical (unpaired) electrons. The van der Waals surface area contributed by atoms with Gasteiger partial charge in [0, 0.05) is 11.8 Å². The Morgan fingerprint density at radius 2 is 1.89 bits per heavy atom. The summed E-state index contributed by atoms with van der Waals surface area (Å²) in [4.78, 5) is 4.65. The second kappa shape index (κ2) is 4.61. The van der Waals surface area contributed by atoms with Gasteiger partial charge >= 0.3 is 0 Å². The quantitative estimate of drug-likeness (QED) is 0.660. The highest BCUT2D eigenvalue weighted by atomic mass is 127. The Morgan fingerprint density at radius 3 is 2.56 bits per heavy atom. The SMILES string of the molecule is COc1ccc(-c2nc3ccccn3c2I)cc1. The molecule has 0 N–H and O–H groups in total. The maximum absolute atomic E-state index is 5.17. The van der Waals surface area contributed by atoms with Gasteiger partial charge in [0.1, 0.15) is 20.8 Å². The first kappa shape index (κ1) is 11.5. The number of pyridine rings is 1. The molecule has 0 spiro atoms. The zero-order chi connectivity index (χ0) is 12.5. The molecule has 18 heavy (non-hydrogen) atoms.